The lowest BCUT2D eigenvalue weighted by molar-refractivity contribution is -0.130. The van der Waals surface area contributed by atoms with E-state index in [1.165, 1.54) is 17.0 Å². The third-order valence-corrected chi connectivity index (χ3v) is 6.48. The highest BCUT2D eigenvalue weighted by Gasteiger charge is 2.44. The van der Waals surface area contributed by atoms with Crippen LogP contribution in [0.2, 0.25) is 0 Å². The van der Waals surface area contributed by atoms with Crippen molar-refractivity contribution in [3.63, 3.8) is 0 Å². The van der Waals surface area contributed by atoms with E-state index < -0.39 is 29.5 Å². The normalized spacial score (nSPS) is 15.5. The number of rotatable bonds is 7. The van der Waals surface area contributed by atoms with Crippen molar-refractivity contribution in [1.29, 1.82) is 0 Å². The van der Waals surface area contributed by atoms with Crippen LogP contribution in [0.3, 0.4) is 0 Å². The van der Waals surface area contributed by atoms with Gasteiger partial charge in [-0.05, 0) is 47.5 Å². The fourth-order valence-electron chi connectivity index (χ4n) is 4.53. The molecule has 8 heteroatoms. The molecule has 37 heavy (non-hydrogen) atoms. The number of carbonyl (C=O) groups excluding carboxylic acids is 2. The maximum absolute atomic E-state index is 13.7. The molecule has 1 aliphatic heterocycles. The van der Waals surface area contributed by atoms with Crippen LogP contribution in [0, 0.1) is 0 Å². The summed E-state index contributed by atoms with van der Waals surface area (Å²) in [4.78, 5) is 41.5. The maximum atomic E-state index is 13.7. The monoisotopic (exact) mass is 496 g/mol. The second-order valence-corrected chi connectivity index (χ2v) is 9.06. The third kappa shape index (κ3) is 4.33. The number of carboxylic acid groups (broad SMARTS) is 1. The number of aliphatic hydroxyl groups excluding tert-OH is 1. The summed E-state index contributed by atoms with van der Waals surface area (Å²) in [5.74, 6) is -2.93. The summed E-state index contributed by atoms with van der Waals surface area (Å²) in [6.07, 6.45) is 0. The maximum Gasteiger partial charge on any atom is 0.335 e. The van der Waals surface area contributed by atoms with Crippen LogP contribution in [-0.2, 0) is 11.3 Å². The molecule has 8 nitrogen and oxygen atoms in total. The second kappa shape index (κ2) is 9.31. The fraction of sp³-hybridized carbons (Fsp3) is 0.138. The molecule has 2 N–H and O–H groups in total. The van der Waals surface area contributed by atoms with Crippen LogP contribution in [0.5, 0.6) is 0 Å². The van der Waals surface area contributed by atoms with Crippen LogP contribution in [0.4, 0.5) is 5.69 Å². The number of aliphatic hydroxyl groups is 1. The molecule has 1 aliphatic rings. The number of amides is 1. The van der Waals surface area contributed by atoms with Gasteiger partial charge in [0, 0.05) is 31.7 Å². The molecule has 3 aromatic carbocycles. The van der Waals surface area contributed by atoms with Gasteiger partial charge in [0.15, 0.2) is 11.5 Å². The van der Waals surface area contributed by atoms with Gasteiger partial charge in [0.2, 0.25) is 5.78 Å². The number of hydrogen-bond acceptors (Lipinski definition) is 6. The molecule has 186 valence electrons. The minimum absolute atomic E-state index is 0.0260. The zero-order valence-electron chi connectivity index (χ0n) is 20.2. The quantitative estimate of drug-likeness (QED) is 0.347. The van der Waals surface area contributed by atoms with Gasteiger partial charge < -0.3 is 24.4 Å². The summed E-state index contributed by atoms with van der Waals surface area (Å²) in [6, 6.07) is 21.4. The lowest BCUT2D eigenvalue weighted by Crippen LogP contribution is -2.30. The molecule has 0 saturated heterocycles. The first-order chi connectivity index (χ1) is 17.7. The van der Waals surface area contributed by atoms with Crippen molar-refractivity contribution in [2.75, 3.05) is 19.0 Å². The number of aromatic carboxylic acids is 1. The Hall–Kier alpha value is -4.85. The molecule has 2 heterocycles. The van der Waals surface area contributed by atoms with Crippen molar-refractivity contribution in [2.45, 2.75) is 12.6 Å². The average molecular weight is 497 g/mol. The van der Waals surface area contributed by atoms with E-state index >= 15 is 0 Å². The number of ketones is 1. The Morgan fingerprint density at radius 3 is 2.27 bits per heavy atom. The van der Waals surface area contributed by atoms with Crippen LogP contribution < -0.4 is 4.90 Å². The summed E-state index contributed by atoms with van der Waals surface area (Å²) in [7, 11) is 3.81. The molecule has 0 aliphatic carbocycles. The molecular formula is C29H24N2O6. The molecule has 1 unspecified atom stereocenters. The lowest BCUT2D eigenvalue weighted by Gasteiger charge is -2.27. The molecule has 0 bridgehead atoms. The Labute approximate surface area is 212 Å². The van der Waals surface area contributed by atoms with Crippen LogP contribution in [0.15, 0.2) is 94.6 Å². The number of hydrogen-bond donors (Lipinski definition) is 2. The molecule has 1 aromatic heterocycles. The number of Topliss-reactive ketones (excluding diaryl/α,β-unsaturated/α-hetero) is 1. The Morgan fingerprint density at radius 1 is 0.973 bits per heavy atom. The Balaban J connectivity index is 1.57. The van der Waals surface area contributed by atoms with E-state index in [-0.39, 0.29) is 23.4 Å². The average Bonchev–Trinajstić information content (AvgIpc) is 3.44. The van der Waals surface area contributed by atoms with Crippen LogP contribution in [-0.4, -0.2) is 46.9 Å². The summed E-state index contributed by atoms with van der Waals surface area (Å²) in [5, 5.41) is 20.9. The smallest absolute Gasteiger partial charge is 0.335 e. The van der Waals surface area contributed by atoms with Gasteiger partial charge in [-0.25, -0.2) is 4.79 Å². The molecule has 1 atom stereocenters. The Kier molecular flexibility index (Phi) is 6.01. The fourth-order valence-corrected chi connectivity index (χ4v) is 4.53. The zero-order chi connectivity index (χ0) is 26.3. The van der Waals surface area contributed by atoms with E-state index in [4.69, 9.17) is 4.42 Å². The van der Waals surface area contributed by atoms with Gasteiger partial charge >= 0.3 is 5.97 Å². The van der Waals surface area contributed by atoms with Gasteiger partial charge in [-0.15, -0.1) is 0 Å². The van der Waals surface area contributed by atoms with E-state index in [9.17, 15) is 24.6 Å². The first-order valence-corrected chi connectivity index (χ1v) is 11.6. The summed E-state index contributed by atoms with van der Waals surface area (Å²) >= 11 is 0. The number of furan rings is 1. The van der Waals surface area contributed by atoms with Gasteiger partial charge in [-0.2, -0.15) is 0 Å². The van der Waals surface area contributed by atoms with E-state index in [1.54, 1.807) is 30.3 Å². The van der Waals surface area contributed by atoms with Gasteiger partial charge in [-0.3, -0.25) is 9.59 Å². The number of nitrogens with zero attached hydrogens (tertiary/aromatic N) is 2. The topological polar surface area (TPSA) is 111 Å². The highest BCUT2D eigenvalue weighted by molar-refractivity contribution is 6.16. The number of para-hydroxylation sites is 1. The van der Waals surface area contributed by atoms with Crippen LogP contribution in [0.1, 0.15) is 38.1 Å². The number of carboxylic acids is 1. The number of anilines is 1. The SMILES string of the molecule is CN(C)c1ccc(C2C(C(=O)c3cc4ccccc4o3)=C(O)C(=O)N2Cc2ccc(C(=O)O)cc2)cc1. The number of carbonyl (C=O) groups is 3. The largest absolute Gasteiger partial charge is 0.503 e. The standard InChI is InChI=1S/C29H24N2O6/c1-30(2)21-13-11-18(12-14-21)25-24(26(32)23-15-20-5-3-4-6-22(20)37-23)27(33)28(34)31(25)16-17-7-9-19(10-8-17)29(35)36/h3-15,25,33H,16H2,1-2H3,(H,35,36). The Morgan fingerprint density at radius 2 is 1.65 bits per heavy atom. The molecule has 4 aromatic rings. The Bertz CT molecular complexity index is 1510. The molecular weight excluding hydrogens is 472 g/mol. The molecule has 0 spiro atoms. The first-order valence-electron chi connectivity index (χ1n) is 11.6. The van der Waals surface area contributed by atoms with E-state index in [1.807, 2.05) is 55.4 Å². The second-order valence-electron chi connectivity index (χ2n) is 9.06. The molecule has 0 radical (unpaired) electrons. The van der Waals surface area contributed by atoms with Crippen LogP contribution in [0.25, 0.3) is 11.0 Å². The number of fused-ring (bicyclic) bond motifs is 1. The zero-order valence-corrected chi connectivity index (χ0v) is 20.2. The van der Waals surface area contributed by atoms with E-state index in [0.717, 1.165) is 11.1 Å². The first kappa shape index (κ1) is 23.9. The summed E-state index contributed by atoms with van der Waals surface area (Å²) in [6.45, 7) is 0.0554. The summed E-state index contributed by atoms with van der Waals surface area (Å²) < 4.78 is 5.76. The minimum Gasteiger partial charge on any atom is -0.503 e. The molecule has 5 rings (SSSR count). The predicted octanol–water partition coefficient (Wildman–Crippen LogP) is 4.98. The van der Waals surface area contributed by atoms with Crippen molar-refractivity contribution in [2.24, 2.45) is 0 Å². The highest BCUT2D eigenvalue weighted by Crippen LogP contribution is 2.41. The predicted molar refractivity (Wildman–Crippen MR) is 138 cm³/mol. The van der Waals surface area contributed by atoms with Crippen molar-refractivity contribution >= 4 is 34.3 Å². The van der Waals surface area contributed by atoms with Gasteiger partial charge in [0.05, 0.1) is 17.2 Å². The van der Waals surface area contributed by atoms with Crippen molar-refractivity contribution < 1.29 is 29.0 Å². The van der Waals surface area contributed by atoms with Gasteiger partial charge in [-0.1, -0.05) is 42.5 Å². The van der Waals surface area contributed by atoms with Gasteiger partial charge in [0.25, 0.3) is 5.91 Å². The van der Waals surface area contributed by atoms with E-state index in [0.29, 0.717) is 16.7 Å². The van der Waals surface area contributed by atoms with E-state index in [2.05, 4.69) is 0 Å². The van der Waals surface area contributed by atoms with Crippen molar-refractivity contribution in [3.8, 4) is 0 Å². The van der Waals surface area contributed by atoms with Crippen molar-refractivity contribution in [3.05, 3.63) is 113 Å². The van der Waals surface area contributed by atoms with Crippen LogP contribution >= 0.6 is 0 Å². The molecule has 0 saturated carbocycles. The molecule has 1 amide bonds. The minimum atomic E-state index is -1.05. The summed E-state index contributed by atoms with van der Waals surface area (Å²) in [5.41, 5.74) is 2.81. The molecule has 0 fully saturated rings. The third-order valence-electron chi connectivity index (χ3n) is 6.48. The highest BCUT2D eigenvalue weighted by atomic mass is 16.4. The lowest BCUT2D eigenvalue weighted by atomic mass is 9.94. The van der Waals surface area contributed by atoms with Gasteiger partial charge in [0.1, 0.15) is 5.58 Å². The number of benzene rings is 3. The van der Waals surface area contributed by atoms with Crippen molar-refractivity contribution in [1.82, 2.24) is 4.90 Å².